The molecule has 5 nitrogen and oxygen atoms in total. The van der Waals surface area contributed by atoms with E-state index in [0.717, 1.165) is 30.6 Å². The van der Waals surface area contributed by atoms with Crippen molar-refractivity contribution >= 4 is 17.1 Å². The van der Waals surface area contributed by atoms with Gasteiger partial charge in [-0.05, 0) is 30.7 Å². The lowest BCUT2D eigenvalue weighted by Gasteiger charge is -2.42. The molecule has 5 heteroatoms. The first-order valence-corrected chi connectivity index (χ1v) is 7.44. The van der Waals surface area contributed by atoms with Crippen LogP contribution in [0.2, 0.25) is 0 Å². The third-order valence-corrected chi connectivity index (χ3v) is 4.85. The highest BCUT2D eigenvalue weighted by atomic mass is 16.6. The molecule has 20 heavy (non-hydrogen) atoms. The second-order valence-corrected chi connectivity index (χ2v) is 6.04. The number of fused-ring (bicyclic) bond motifs is 1. The number of anilines is 2. The standard InChI is InChI=1S/C15H21N3O2/c16-14-9-13(18(19)20)5-6-15(14)17-8-7-11-3-1-2-4-12(11)10-17/h5-6,9,11-12H,1-4,7-8,10,16H2. The molecule has 1 aliphatic heterocycles. The summed E-state index contributed by atoms with van der Waals surface area (Å²) < 4.78 is 0. The van der Waals surface area contributed by atoms with Gasteiger partial charge in [0.2, 0.25) is 0 Å². The predicted molar refractivity (Wildman–Crippen MR) is 79.8 cm³/mol. The molecule has 108 valence electrons. The molecule has 2 N–H and O–H groups in total. The zero-order valence-electron chi connectivity index (χ0n) is 11.6. The molecule has 0 amide bonds. The molecule has 2 fully saturated rings. The molecule has 0 aromatic heterocycles. The minimum atomic E-state index is -0.395. The summed E-state index contributed by atoms with van der Waals surface area (Å²) >= 11 is 0. The molecule has 1 saturated heterocycles. The Labute approximate surface area is 118 Å². The normalized spacial score (nSPS) is 26.1. The van der Waals surface area contributed by atoms with E-state index in [1.165, 1.54) is 38.2 Å². The average Bonchev–Trinajstić information content (AvgIpc) is 2.46. The Morgan fingerprint density at radius 3 is 2.65 bits per heavy atom. The number of nitro benzene ring substituents is 1. The van der Waals surface area contributed by atoms with E-state index in [0.29, 0.717) is 5.69 Å². The van der Waals surface area contributed by atoms with Crippen molar-refractivity contribution in [3.8, 4) is 0 Å². The molecule has 0 radical (unpaired) electrons. The van der Waals surface area contributed by atoms with E-state index < -0.39 is 4.92 Å². The third-order valence-electron chi connectivity index (χ3n) is 4.85. The third kappa shape index (κ3) is 2.44. The van der Waals surface area contributed by atoms with Gasteiger partial charge < -0.3 is 10.6 Å². The van der Waals surface area contributed by atoms with Crippen molar-refractivity contribution in [2.24, 2.45) is 11.8 Å². The second-order valence-electron chi connectivity index (χ2n) is 6.04. The Morgan fingerprint density at radius 2 is 1.95 bits per heavy atom. The van der Waals surface area contributed by atoms with Crippen LogP contribution in [0.4, 0.5) is 17.1 Å². The summed E-state index contributed by atoms with van der Waals surface area (Å²) in [5.74, 6) is 1.64. The number of non-ortho nitro benzene ring substituents is 1. The molecular weight excluding hydrogens is 254 g/mol. The predicted octanol–water partition coefficient (Wildman–Crippen LogP) is 3.19. The van der Waals surface area contributed by atoms with Gasteiger partial charge in [-0.2, -0.15) is 0 Å². The van der Waals surface area contributed by atoms with Gasteiger partial charge in [0.05, 0.1) is 16.3 Å². The van der Waals surface area contributed by atoms with Crippen LogP contribution < -0.4 is 10.6 Å². The van der Waals surface area contributed by atoms with E-state index in [9.17, 15) is 10.1 Å². The molecule has 2 aliphatic rings. The van der Waals surface area contributed by atoms with Crippen LogP contribution in [0.25, 0.3) is 0 Å². The van der Waals surface area contributed by atoms with Gasteiger partial charge in [-0.15, -0.1) is 0 Å². The summed E-state index contributed by atoms with van der Waals surface area (Å²) in [6.07, 6.45) is 6.62. The fourth-order valence-corrected chi connectivity index (χ4v) is 3.76. The summed E-state index contributed by atoms with van der Waals surface area (Å²) in [6.45, 7) is 2.07. The second kappa shape index (κ2) is 5.31. The lowest BCUT2D eigenvalue weighted by molar-refractivity contribution is -0.384. The number of nitrogen functional groups attached to an aromatic ring is 1. The molecule has 2 unspecified atom stereocenters. The lowest BCUT2D eigenvalue weighted by Crippen LogP contribution is -2.42. The van der Waals surface area contributed by atoms with E-state index >= 15 is 0 Å². The van der Waals surface area contributed by atoms with Crippen molar-refractivity contribution in [1.82, 2.24) is 0 Å². The number of benzene rings is 1. The molecule has 1 saturated carbocycles. The number of rotatable bonds is 2. The Kier molecular flexibility index (Phi) is 3.51. The van der Waals surface area contributed by atoms with Gasteiger partial charge in [0.15, 0.2) is 0 Å². The number of hydrogen-bond acceptors (Lipinski definition) is 4. The van der Waals surface area contributed by atoms with Crippen molar-refractivity contribution in [3.63, 3.8) is 0 Å². The molecule has 0 bridgehead atoms. The maximum absolute atomic E-state index is 10.8. The number of piperidine rings is 1. The molecule has 1 aromatic rings. The van der Waals surface area contributed by atoms with Gasteiger partial charge in [0.1, 0.15) is 0 Å². The first-order chi connectivity index (χ1) is 9.65. The van der Waals surface area contributed by atoms with Crippen LogP contribution in [0.3, 0.4) is 0 Å². The summed E-state index contributed by atoms with van der Waals surface area (Å²) in [7, 11) is 0. The minimum absolute atomic E-state index is 0.0683. The monoisotopic (exact) mass is 275 g/mol. The van der Waals surface area contributed by atoms with E-state index in [2.05, 4.69) is 4.90 Å². The van der Waals surface area contributed by atoms with Crippen molar-refractivity contribution < 1.29 is 4.92 Å². The molecule has 1 aliphatic carbocycles. The summed E-state index contributed by atoms with van der Waals surface area (Å²) in [4.78, 5) is 12.7. The van der Waals surface area contributed by atoms with Gasteiger partial charge in [0, 0.05) is 25.2 Å². The largest absolute Gasteiger partial charge is 0.397 e. The Morgan fingerprint density at radius 1 is 1.20 bits per heavy atom. The maximum Gasteiger partial charge on any atom is 0.271 e. The zero-order valence-corrected chi connectivity index (χ0v) is 11.6. The topological polar surface area (TPSA) is 72.4 Å². The summed E-state index contributed by atoms with van der Waals surface area (Å²) in [5.41, 5.74) is 7.56. The van der Waals surface area contributed by atoms with Gasteiger partial charge in [-0.25, -0.2) is 0 Å². The SMILES string of the molecule is Nc1cc([N+](=O)[O-])ccc1N1CCC2CCCCC2C1. The van der Waals surface area contributed by atoms with Crippen molar-refractivity contribution in [3.05, 3.63) is 28.3 Å². The highest BCUT2D eigenvalue weighted by Crippen LogP contribution is 2.39. The Hall–Kier alpha value is -1.78. The molecular formula is C15H21N3O2. The van der Waals surface area contributed by atoms with Gasteiger partial charge >= 0.3 is 0 Å². The number of nitrogens with zero attached hydrogens (tertiary/aromatic N) is 2. The maximum atomic E-state index is 10.8. The van der Waals surface area contributed by atoms with Crippen LogP contribution in [0.5, 0.6) is 0 Å². The molecule has 0 spiro atoms. The number of hydrogen-bond donors (Lipinski definition) is 1. The summed E-state index contributed by atoms with van der Waals surface area (Å²) in [6, 6.07) is 4.83. The van der Waals surface area contributed by atoms with Crippen LogP contribution in [0, 0.1) is 22.0 Å². The van der Waals surface area contributed by atoms with Crippen LogP contribution in [-0.4, -0.2) is 18.0 Å². The van der Waals surface area contributed by atoms with Gasteiger partial charge in [-0.1, -0.05) is 19.3 Å². The lowest BCUT2D eigenvalue weighted by atomic mass is 9.75. The van der Waals surface area contributed by atoms with Crippen LogP contribution >= 0.6 is 0 Å². The van der Waals surface area contributed by atoms with E-state index in [1.54, 1.807) is 12.1 Å². The fourth-order valence-electron chi connectivity index (χ4n) is 3.76. The first-order valence-electron chi connectivity index (χ1n) is 7.44. The van der Waals surface area contributed by atoms with E-state index in [1.807, 2.05) is 0 Å². The molecule has 2 atom stereocenters. The van der Waals surface area contributed by atoms with Crippen LogP contribution in [-0.2, 0) is 0 Å². The smallest absolute Gasteiger partial charge is 0.271 e. The highest BCUT2D eigenvalue weighted by Gasteiger charge is 2.31. The molecule has 1 aromatic carbocycles. The van der Waals surface area contributed by atoms with Gasteiger partial charge in [-0.3, -0.25) is 10.1 Å². The first kappa shape index (κ1) is 13.2. The fraction of sp³-hybridized carbons (Fsp3) is 0.600. The van der Waals surface area contributed by atoms with E-state index in [-0.39, 0.29) is 5.69 Å². The van der Waals surface area contributed by atoms with Crippen molar-refractivity contribution in [2.45, 2.75) is 32.1 Å². The van der Waals surface area contributed by atoms with Crippen molar-refractivity contribution in [1.29, 1.82) is 0 Å². The van der Waals surface area contributed by atoms with Gasteiger partial charge in [0.25, 0.3) is 5.69 Å². The Balaban J connectivity index is 1.78. The molecule has 3 rings (SSSR count). The van der Waals surface area contributed by atoms with Crippen molar-refractivity contribution in [2.75, 3.05) is 23.7 Å². The number of nitrogens with two attached hydrogens (primary N) is 1. The summed E-state index contributed by atoms with van der Waals surface area (Å²) in [5, 5.41) is 10.8. The average molecular weight is 275 g/mol. The highest BCUT2D eigenvalue weighted by molar-refractivity contribution is 5.70. The minimum Gasteiger partial charge on any atom is -0.397 e. The van der Waals surface area contributed by atoms with E-state index in [4.69, 9.17) is 5.73 Å². The molecule has 1 heterocycles. The van der Waals surface area contributed by atoms with Crippen LogP contribution in [0.1, 0.15) is 32.1 Å². The number of nitro groups is 1. The van der Waals surface area contributed by atoms with Crippen LogP contribution in [0.15, 0.2) is 18.2 Å². The quantitative estimate of drug-likeness (QED) is 0.511. The zero-order chi connectivity index (χ0) is 14.1. The Bertz CT molecular complexity index is 518.